The van der Waals surface area contributed by atoms with Crippen LogP contribution in [0.3, 0.4) is 0 Å². The monoisotopic (exact) mass is 217 g/mol. The highest BCUT2D eigenvalue weighted by atomic mass is 16.5. The maximum absolute atomic E-state index is 9.28. The van der Waals surface area contributed by atoms with E-state index in [9.17, 15) is 5.11 Å². The predicted molar refractivity (Wildman–Crippen MR) is 60.2 cm³/mol. The molecule has 0 aliphatic rings. The molecule has 0 heterocycles. The lowest BCUT2D eigenvalue weighted by Crippen LogP contribution is -1.87. The van der Waals surface area contributed by atoms with Crippen LogP contribution in [0.4, 0.5) is 0 Å². The Morgan fingerprint density at radius 1 is 1.56 bits per heavy atom. The maximum atomic E-state index is 9.28. The smallest absolute Gasteiger partial charge is 0.134 e. The summed E-state index contributed by atoms with van der Waals surface area (Å²) in [5, 5.41) is 12.6. The SMILES string of the molecule is COc1ccc(O)cc1C#CCCN=[N+]=[N-]. The number of hydrogen-bond acceptors (Lipinski definition) is 3. The van der Waals surface area contributed by atoms with Gasteiger partial charge in [-0.15, -0.1) is 0 Å². The third-order valence-corrected chi connectivity index (χ3v) is 1.81. The molecule has 1 aromatic rings. The van der Waals surface area contributed by atoms with Crippen molar-refractivity contribution in [2.24, 2.45) is 5.11 Å². The summed E-state index contributed by atoms with van der Waals surface area (Å²) in [5.41, 5.74) is 8.67. The van der Waals surface area contributed by atoms with E-state index in [0.29, 0.717) is 24.3 Å². The Labute approximate surface area is 93.3 Å². The van der Waals surface area contributed by atoms with E-state index in [1.54, 1.807) is 6.07 Å². The molecule has 16 heavy (non-hydrogen) atoms. The number of phenolic OH excluding ortho intramolecular Hbond substituents is 1. The number of aromatic hydroxyl groups is 1. The van der Waals surface area contributed by atoms with Gasteiger partial charge in [0, 0.05) is 17.9 Å². The van der Waals surface area contributed by atoms with Gasteiger partial charge < -0.3 is 9.84 Å². The summed E-state index contributed by atoms with van der Waals surface area (Å²) in [4.78, 5) is 2.62. The molecule has 0 saturated carbocycles. The minimum absolute atomic E-state index is 0.139. The highest BCUT2D eigenvalue weighted by Gasteiger charge is 2.00. The van der Waals surface area contributed by atoms with Crippen LogP contribution < -0.4 is 4.74 Å². The molecule has 0 aliphatic heterocycles. The van der Waals surface area contributed by atoms with E-state index < -0.39 is 0 Å². The fourth-order valence-electron chi connectivity index (χ4n) is 1.10. The summed E-state index contributed by atoms with van der Waals surface area (Å²) in [6.07, 6.45) is 0.475. The molecule has 1 N–H and O–H groups in total. The van der Waals surface area contributed by atoms with E-state index in [0.717, 1.165) is 0 Å². The number of phenols is 1. The first kappa shape index (κ1) is 11.8. The first-order valence-corrected chi connectivity index (χ1v) is 4.64. The number of methoxy groups -OCH3 is 1. The standard InChI is InChI=1S/C11H11N3O2/c1-16-11-6-5-10(15)8-9(11)4-2-3-7-13-14-12/h5-6,8,15H,3,7H2,1H3. The molecule has 0 fully saturated rings. The molecule has 5 heteroatoms. The van der Waals surface area contributed by atoms with Gasteiger partial charge in [-0.25, -0.2) is 0 Å². The largest absolute Gasteiger partial charge is 0.508 e. The van der Waals surface area contributed by atoms with Crippen molar-refractivity contribution in [3.05, 3.63) is 34.2 Å². The van der Waals surface area contributed by atoms with Crippen LogP contribution in [0.1, 0.15) is 12.0 Å². The molecule has 1 aromatic carbocycles. The van der Waals surface area contributed by atoms with Gasteiger partial charge in [-0.05, 0) is 23.7 Å². The fourth-order valence-corrected chi connectivity index (χ4v) is 1.10. The Morgan fingerprint density at radius 2 is 2.38 bits per heavy atom. The summed E-state index contributed by atoms with van der Waals surface area (Å²) in [7, 11) is 1.54. The average Bonchev–Trinajstić information content (AvgIpc) is 2.29. The van der Waals surface area contributed by atoms with Gasteiger partial charge in [-0.1, -0.05) is 17.0 Å². The summed E-state index contributed by atoms with van der Waals surface area (Å²) < 4.78 is 5.08. The van der Waals surface area contributed by atoms with Crippen molar-refractivity contribution in [3.63, 3.8) is 0 Å². The summed E-state index contributed by atoms with van der Waals surface area (Å²) in [6, 6.07) is 4.70. The molecule has 0 aromatic heterocycles. The molecule has 1 rings (SSSR count). The number of hydrogen-bond donors (Lipinski definition) is 1. The zero-order valence-corrected chi connectivity index (χ0v) is 8.84. The lowest BCUT2D eigenvalue weighted by Gasteiger charge is -2.02. The fraction of sp³-hybridized carbons (Fsp3) is 0.273. The average molecular weight is 217 g/mol. The van der Waals surface area contributed by atoms with Crippen LogP contribution in [0, 0.1) is 11.8 Å². The Kier molecular flexibility index (Phi) is 4.58. The van der Waals surface area contributed by atoms with Crippen LogP contribution in [0.2, 0.25) is 0 Å². The zero-order valence-electron chi connectivity index (χ0n) is 8.84. The van der Waals surface area contributed by atoms with Crippen molar-refractivity contribution in [1.82, 2.24) is 0 Å². The number of ether oxygens (including phenoxy) is 1. The Bertz CT molecular complexity index is 468. The minimum atomic E-state index is 0.139. The molecule has 0 spiro atoms. The normalized spacial score (nSPS) is 8.56. The van der Waals surface area contributed by atoms with Gasteiger partial charge in [0.2, 0.25) is 0 Å². The number of azide groups is 1. The second-order valence-corrected chi connectivity index (χ2v) is 2.89. The molecule has 0 aliphatic carbocycles. The number of rotatable bonds is 3. The van der Waals surface area contributed by atoms with E-state index in [2.05, 4.69) is 21.9 Å². The van der Waals surface area contributed by atoms with E-state index in [-0.39, 0.29) is 5.75 Å². The molecule has 82 valence electrons. The van der Waals surface area contributed by atoms with E-state index in [1.807, 2.05) is 0 Å². The van der Waals surface area contributed by atoms with Crippen LogP contribution in [0.25, 0.3) is 10.4 Å². The third-order valence-electron chi connectivity index (χ3n) is 1.81. The van der Waals surface area contributed by atoms with E-state index >= 15 is 0 Å². The second kappa shape index (κ2) is 6.23. The Hall–Kier alpha value is -2.31. The zero-order chi connectivity index (χ0) is 11.8. The molecule has 0 atom stereocenters. The number of nitrogens with zero attached hydrogens (tertiary/aromatic N) is 3. The van der Waals surface area contributed by atoms with Gasteiger partial charge in [0.1, 0.15) is 11.5 Å². The molecule has 0 bridgehead atoms. The van der Waals surface area contributed by atoms with Crippen molar-refractivity contribution in [2.75, 3.05) is 13.7 Å². The van der Waals surface area contributed by atoms with Crippen LogP contribution in [-0.2, 0) is 0 Å². The lowest BCUT2D eigenvalue weighted by molar-refractivity contribution is 0.411. The molecule has 0 radical (unpaired) electrons. The summed E-state index contributed by atoms with van der Waals surface area (Å²) >= 11 is 0. The number of benzene rings is 1. The first-order valence-electron chi connectivity index (χ1n) is 4.64. The van der Waals surface area contributed by atoms with Crippen LogP contribution in [-0.4, -0.2) is 18.8 Å². The Morgan fingerprint density at radius 3 is 3.06 bits per heavy atom. The molecule has 0 saturated heterocycles. The molecule has 0 unspecified atom stereocenters. The van der Waals surface area contributed by atoms with Crippen LogP contribution in [0.15, 0.2) is 23.3 Å². The van der Waals surface area contributed by atoms with Gasteiger partial charge >= 0.3 is 0 Å². The molecule has 0 amide bonds. The van der Waals surface area contributed by atoms with Crippen molar-refractivity contribution in [2.45, 2.75) is 6.42 Å². The molecule has 5 nitrogen and oxygen atoms in total. The van der Waals surface area contributed by atoms with Crippen molar-refractivity contribution in [1.29, 1.82) is 0 Å². The van der Waals surface area contributed by atoms with Gasteiger partial charge in [0.15, 0.2) is 0 Å². The van der Waals surface area contributed by atoms with Gasteiger partial charge in [-0.2, -0.15) is 0 Å². The highest BCUT2D eigenvalue weighted by molar-refractivity contribution is 5.49. The molecular weight excluding hydrogens is 206 g/mol. The maximum Gasteiger partial charge on any atom is 0.134 e. The van der Waals surface area contributed by atoms with Crippen molar-refractivity contribution in [3.8, 4) is 23.3 Å². The quantitative estimate of drug-likeness (QED) is 0.277. The van der Waals surface area contributed by atoms with E-state index in [4.69, 9.17) is 10.3 Å². The Balaban J connectivity index is 2.78. The summed E-state index contributed by atoms with van der Waals surface area (Å²) in [6.45, 7) is 0.338. The predicted octanol–water partition coefficient (Wildman–Crippen LogP) is 2.45. The van der Waals surface area contributed by atoms with Crippen molar-refractivity contribution >= 4 is 0 Å². The second-order valence-electron chi connectivity index (χ2n) is 2.89. The highest BCUT2D eigenvalue weighted by Crippen LogP contribution is 2.21. The van der Waals surface area contributed by atoms with E-state index in [1.165, 1.54) is 19.2 Å². The van der Waals surface area contributed by atoms with Gasteiger partial charge in [0.05, 0.1) is 12.7 Å². The topological polar surface area (TPSA) is 78.2 Å². The first-order chi connectivity index (χ1) is 7.77. The molecular formula is C11H11N3O2. The van der Waals surface area contributed by atoms with Crippen molar-refractivity contribution < 1.29 is 9.84 Å². The third kappa shape index (κ3) is 3.45. The summed E-state index contributed by atoms with van der Waals surface area (Å²) in [5.74, 6) is 6.42. The van der Waals surface area contributed by atoms with Crippen LogP contribution in [0.5, 0.6) is 11.5 Å². The van der Waals surface area contributed by atoms with Crippen LogP contribution >= 0.6 is 0 Å². The lowest BCUT2D eigenvalue weighted by atomic mass is 10.2. The minimum Gasteiger partial charge on any atom is -0.508 e. The van der Waals surface area contributed by atoms with Gasteiger partial charge in [-0.3, -0.25) is 0 Å². The van der Waals surface area contributed by atoms with Gasteiger partial charge in [0.25, 0.3) is 0 Å².